The predicted octanol–water partition coefficient (Wildman–Crippen LogP) is 3.90. The molecule has 0 radical (unpaired) electrons. The zero-order chi connectivity index (χ0) is 15.2. The van der Waals surface area contributed by atoms with Gasteiger partial charge in [-0.3, -0.25) is 0 Å². The monoisotopic (exact) mass is 321 g/mol. The second kappa shape index (κ2) is 8.79. The highest BCUT2D eigenvalue weighted by molar-refractivity contribution is 5.85. The Hall–Kier alpha value is -1.55. The van der Waals surface area contributed by atoms with E-state index in [9.17, 15) is 10.2 Å². The van der Waals surface area contributed by atoms with Gasteiger partial charge in [0, 0.05) is 12.6 Å². The van der Waals surface area contributed by atoms with Crippen molar-refractivity contribution in [3.05, 3.63) is 65.2 Å². The summed E-state index contributed by atoms with van der Waals surface area (Å²) >= 11 is 0. The minimum atomic E-state index is -0.579. The average Bonchev–Trinajstić information content (AvgIpc) is 2.50. The van der Waals surface area contributed by atoms with Crippen LogP contribution in [0, 0.1) is 6.92 Å². The average molecular weight is 322 g/mol. The van der Waals surface area contributed by atoms with E-state index < -0.39 is 6.10 Å². The molecule has 3 N–H and O–H groups in total. The third-order valence-corrected chi connectivity index (χ3v) is 3.72. The Morgan fingerprint density at radius 2 is 1.50 bits per heavy atom. The molecule has 0 bridgehead atoms. The van der Waals surface area contributed by atoms with Crippen LogP contribution >= 0.6 is 12.4 Å². The zero-order valence-electron chi connectivity index (χ0n) is 13.0. The smallest absolute Gasteiger partial charge is 0.115 e. The summed E-state index contributed by atoms with van der Waals surface area (Å²) in [4.78, 5) is 0. The van der Waals surface area contributed by atoms with Gasteiger partial charge in [-0.1, -0.05) is 48.9 Å². The van der Waals surface area contributed by atoms with Gasteiger partial charge in [0.05, 0.1) is 6.10 Å². The maximum absolute atomic E-state index is 10.2. The largest absolute Gasteiger partial charge is 0.508 e. The van der Waals surface area contributed by atoms with Crippen molar-refractivity contribution in [3.63, 3.8) is 0 Å². The molecule has 2 atom stereocenters. The topological polar surface area (TPSA) is 52.5 Å². The van der Waals surface area contributed by atoms with Crippen LogP contribution in [-0.2, 0) is 0 Å². The molecule has 2 aromatic carbocycles. The van der Waals surface area contributed by atoms with E-state index in [0.29, 0.717) is 6.54 Å². The van der Waals surface area contributed by atoms with Crippen molar-refractivity contribution in [2.24, 2.45) is 0 Å². The van der Waals surface area contributed by atoms with Gasteiger partial charge in [0.25, 0.3) is 0 Å². The van der Waals surface area contributed by atoms with Crippen LogP contribution in [0.1, 0.15) is 42.2 Å². The van der Waals surface area contributed by atoms with E-state index in [4.69, 9.17) is 0 Å². The molecule has 0 aliphatic carbocycles. The quantitative estimate of drug-likeness (QED) is 0.756. The summed E-state index contributed by atoms with van der Waals surface area (Å²) in [5.74, 6) is 0.213. The van der Waals surface area contributed by atoms with Gasteiger partial charge in [-0.25, -0.2) is 0 Å². The maximum atomic E-state index is 10.2. The number of nitrogens with one attached hydrogen (secondary N) is 1. The van der Waals surface area contributed by atoms with E-state index in [-0.39, 0.29) is 24.2 Å². The lowest BCUT2D eigenvalue weighted by Gasteiger charge is -2.20. The van der Waals surface area contributed by atoms with Crippen molar-refractivity contribution in [1.29, 1.82) is 0 Å². The molecule has 22 heavy (non-hydrogen) atoms. The second-order valence-electron chi connectivity index (χ2n) is 5.39. The molecule has 2 unspecified atom stereocenters. The lowest BCUT2D eigenvalue weighted by Crippen LogP contribution is -2.26. The van der Waals surface area contributed by atoms with Gasteiger partial charge in [-0.05, 0) is 36.6 Å². The number of aryl methyl sites for hydroxylation is 1. The number of benzene rings is 2. The van der Waals surface area contributed by atoms with Gasteiger partial charge in [-0.15, -0.1) is 12.4 Å². The Labute approximate surface area is 138 Å². The van der Waals surface area contributed by atoms with E-state index in [2.05, 4.69) is 43.4 Å². The van der Waals surface area contributed by atoms with Crippen LogP contribution < -0.4 is 5.32 Å². The highest BCUT2D eigenvalue weighted by atomic mass is 35.5. The maximum Gasteiger partial charge on any atom is 0.115 e. The third kappa shape index (κ3) is 5.02. The number of halogens is 1. The Kier molecular flexibility index (Phi) is 7.39. The minimum Gasteiger partial charge on any atom is -0.508 e. The standard InChI is InChI=1S/C18H23NO2.ClH/c1-3-17(14-6-4-13(2)5-7-14)19-12-18(21)15-8-10-16(20)11-9-15;/h4-11,17-21H,3,12H2,1-2H3;1H. The summed E-state index contributed by atoms with van der Waals surface area (Å²) in [6.07, 6.45) is 0.385. The molecule has 120 valence electrons. The lowest BCUT2D eigenvalue weighted by molar-refractivity contribution is 0.169. The highest BCUT2D eigenvalue weighted by Crippen LogP contribution is 2.20. The number of aliphatic hydroxyl groups is 1. The molecule has 0 saturated heterocycles. The first-order chi connectivity index (χ1) is 10.1. The molecule has 0 fully saturated rings. The van der Waals surface area contributed by atoms with Crippen molar-refractivity contribution >= 4 is 12.4 Å². The minimum absolute atomic E-state index is 0. The molecule has 2 aromatic rings. The number of aliphatic hydroxyl groups excluding tert-OH is 1. The third-order valence-electron chi connectivity index (χ3n) is 3.72. The lowest BCUT2D eigenvalue weighted by atomic mass is 10.0. The molecule has 3 nitrogen and oxygen atoms in total. The summed E-state index contributed by atoms with van der Waals surface area (Å²) in [6, 6.07) is 15.4. The Balaban J connectivity index is 0.00000242. The van der Waals surface area contributed by atoms with Crippen LogP contribution in [0.25, 0.3) is 0 Å². The van der Waals surface area contributed by atoms with E-state index in [1.165, 1.54) is 11.1 Å². The number of aromatic hydroxyl groups is 1. The van der Waals surface area contributed by atoms with Crippen LogP contribution in [0.4, 0.5) is 0 Å². The molecular formula is C18H24ClNO2. The van der Waals surface area contributed by atoms with E-state index in [0.717, 1.165) is 12.0 Å². The fourth-order valence-electron chi connectivity index (χ4n) is 2.36. The Morgan fingerprint density at radius 3 is 2.05 bits per heavy atom. The molecule has 0 aliphatic rings. The summed E-state index contributed by atoms with van der Waals surface area (Å²) in [5.41, 5.74) is 3.29. The number of rotatable bonds is 6. The van der Waals surface area contributed by atoms with Crippen LogP contribution in [0.2, 0.25) is 0 Å². The molecule has 0 aromatic heterocycles. The van der Waals surface area contributed by atoms with E-state index in [1.807, 2.05) is 0 Å². The second-order valence-corrected chi connectivity index (χ2v) is 5.39. The molecule has 0 spiro atoms. The van der Waals surface area contributed by atoms with Crippen LogP contribution in [0.15, 0.2) is 48.5 Å². The normalized spacial score (nSPS) is 13.2. The van der Waals surface area contributed by atoms with Crippen molar-refractivity contribution in [3.8, 4) is 5.75 Å². The number of phenols is 1. The molecular weight excluding hydrogens is 298 g/mol. The van der Waals surface area contributed by atoms with Crippen molar-refractivity contribution in [2.45, 2.75) is 32.4 Å². The Morgan fingerprint density at radius 1 is 0.955 bits per heavy atom. The van der Waals surface area contributed by atoms with Gasteiger partial charge in [-0.2, -0.15) is 0 Å². The van der Waals surface area contributed by atoms with Gasteiger partial charge in [0.1, 0.15) is 5.75 Å². The first-order valence-electron chi connectivity index (χ1n) is 7.37. The SMILES string of the molecule is CCC(NCC(O)c1ccc(O)cc1)c1ccc(C)cc1.Cl. The fourth-order valence-corrected chi connectivity index (χ4v) is 2.36. The number of hydrogen-bond acceptors (Lipinski definition) is 3. The molecule has 0 amide bonds. The van der Waals surface area contributed by atoms with Gasteiger partial charge in [0.2, 0.25) is 0 Å². The molecule has 0 aliphatic heterocycles. The summed E-state index contributed by atoms with van der Waals surface area (Å²) in [7, 11) is 0. The van der Waals surface area contributed by atoms with Crippen LogP contribution in [0.5, 0.6) is 5.75 Å². The molecule has 0 heterocycles. The molecule has 4 heteroatoms. The highest BCUT2D eigenvalue weighted by Gasteiger charge is 2.12. The van der Waals surface area contributed by atoms with Gasteiger partial charge < -0.3 is 15.5 Å². The summed E-state index contributed by atoms with van der Waals surface area (Å²) < 4.78 is 0. The zero-order valence-corrected chi connectivity index (χ0v) is 13.8. The van der Waals surface area contributed by atoms with Gasteiger partial charge in [0.15, 0.2) is 0 Å². The van der Waals surface area contributed by atoms with E-state index in [1.54, 1.807) is 24.3 Å². The fraction of sp³-hybridized carbons (Fsp3) is 0.333. The molecule has 2 rings (SSSR count). The predicted molar refractivity (Wildman–Crippen MR) is 92.5 cm³/mol. The number of hydrogen-bond donors (Lipinski definition) is 3. The Bertz CT molecular complexity index is 554. The van der Waals surface area contributed by atoms with Crippen LogP contribution in [-0.4, -0.2) is 16.8 Å². The first-order valence-corrected chi connectivity index (χ1v) is 7.37. The summed E-state index contributed by atoms with van der Waals surface area (Å²) in [6.45, 7) is 4.69. The first kappa shape index (κ1) is 18.5. The van der Waals surface area contributed by atoms with Crippen molar-refractivity contribution < 1.29 is 10.2 Å². The van der Waals surface area contributed by atoms with Crippen molar-refractivity contribution in [2.75, 3.05) is 6.54 Å². The summed E-state index contributed by atoms with van der Waals surface area (Å²) in [5, 5.41) is 22.9. The van der Waals surface area contributed by atoms with E-state index >= 15 is 0 Å². The molecule has 0 saturated carbocycles. The van der Waals surface area contributed by atoms with Crippen molar-refractivity contribution in [1.82, 2.24) is 5.32 Å². The number of phenolic OH excluding ortho intramolecular Hbond substituents is 1. The van der Waals surface area contributed by atoms with Crippen LogP contribution in [0.3, 0.4) is 0 Å². The van der Waals surface area contributed by atoms with Gasteiger partial charge >= 0.3 is 0 Å².